The van der Waals surface area contributed by atoms with E-state index in [0.717, 1.165) is 11.3 Å². The van der Waals surface area contributed by atoms with Crippen molar-refractivity contribution in [3.63, 3.8) is 0 Å². The van der Waals surface area contributed by atoms with E-state index in [2.05, 4.69) is 4.99 Å². The number of halogens is 2. The Labute approximate surface area is 104 Å². The molecule has 0 amide bonds. The molecule has 0 aliphatic carbocycles. The van der Waals surface area contributed by atoms with E-state index < -0.39 is 0 Å². The van der Waals surface area contributed by atoms with Crippen molar-refractivity contribution < 1.29 is 0 Å². The summed E-state index contributed by atoms with van der Waals surface area (Å²) in [5, 5.41) is 1.21. The molecule has 0 saturated heterocycles. The number of hydrogen-bond donors (Lipinski definition) is 0. The quantitative estimate of drug-likeness (QED) is 0.682. The molecular weight excluding hydrogens is 241 g/mol. The molecule has 3 heteroatoms. The summed E-state index contributed by atoms with van der Waals surface area (Å²) in [6.07, 6.45) is 1.68. The highest BCUT2D eigenvalue weighted by Crippen LogP contribution is 2.23. The molecule has 2 aromatic carbocycles. The van der Waals surface area contributed by atoms with Crippen molar-refractivity contribution in [2.75, 3.05) is 0 Å². The van der Waals surface area contributed by atoms with Crippen LogP contribution in [0.3, 0.4) is 0 Å². The molecule has 80 valence electrons. The van der Waals surface area contributed by atoms with Gasteiger partial charge in [-0.25, -0.2) is 0 Å². The highest BCUT2D eigenvalue weighted by molar-refractivity contribution is 6.38. The van der Waals surface area contributed by atoms with Gasteiger partial charge in [0.2, 0.25) is 0 Å². The Hall–Kier alpha value is -1.31. The Bertz CT molecular complexity index is 486. The summed E-state index contributed by atoms with van der Waals surface area (Å²) in [5.74, 6) is 0. The first kappa shape index (κ1) is 11.2. The van der Waals surface area contributed by atoms with E-state index in [4.69, 9.17) is 23.2 Å². The van der Waals surface area contributed by atoms with E-state index in [1.165, 1.54) is 0 Å². The summed E-state index contributed by atoms with van der Waals surface area (Å²) in [6.45, 7) is 0. The van der Waals surface area contributed by atoms with Crippen LogP contribution >= 0.6 is 23.2 Å². The van der Waals surface area contributed by atoms with Gasteiger partial charge < -0.3 is 0 Å². The minimum Gasteiger partial charge on any atom is -0.256 e. The first-order chi connectivity index (χ1) is 7.77. The fourth-order valence-corrected chi connectivity index (χ4v) is 1.78. The molecule has 0 aromatic heterocycles. The van der Waals surface area contributed by atoms with Crippen LogP contribution in [-0.4, -0.2) is 6.21 Å². The second kappa shape index (κ2) is 5.15. The number of hydrogen-bond acceptors (Lipinski definition) is 1. The molecule has 1 nitrogen and oxygen atoms in total. The molecular formula is C13H9Cl2N. The van der Waals surface area contributed by atoms with Gasteiger partial charge in [-0.3, -0.25) is 4.99 Å². The second-order valence-electron chi connectivity index (χ2n) is 3.23. The van der Waals surface area contributed by atoms with Crippen LogP contribution in [0.15, 0.2) is 53.5 Å². The lowest BCUT2D eigenvalue weighted by atomic mass is 10.2. The zero-order valence-corrected chi connectivity index (χ0v) is 9.91. The van der Waals surface area contributed by atoms with Gasteiger partial charge in [-0.2, -0.15) is 0 Å². The summed E-state index contributed by atoms with van der Waals surface area (Å²) >= 11 is 12.0. The Morgan fingerprint density at radius 1 is 0.812 bits per heavy atom. The third-order valence-corrected chi connectivity index (χ3v) is 2.76. The molecule has 0 spiro atoms. The topological polar surface area (TPSA) is 12.4 Å². The summed E-state index contributed by atoms with van der Waals surface area (Å²) in [5.41, 5.74) is 1.62. The van der Waals surface area contributed by atoms with Gasteiger partial charge in [0, 0.05) is 11.8 Å². The van der Waals surface area contributed by atoms with Crippen LogP contribution < -0.4 is 0 Å². The molecule has 2 aromatic rings. The zero-order valence-electron chi connectivity index (χ0n) is 8.40. The van der Waals surface area contributed by atoms with Crippen LogP contribution in [0.5, 0.6) is 0 Å². The van der Waals surface area contributed by atoms with Crippen LogP contribution in [0.1, 0.15) is 5.56 Å². The maximum absolute atomic E-state index is 6.02. The normalized spacial score (nSPS) is 10.9. The molecule has 0 heterocycles. The largest absolute Gasteiger partial charge is 0.256 e. The molecule has 16 heavy (non-hydrogen) atoms. The number of nitrogens with zero attached hydrogens (tertiary/aromatic N) is 1. The van der Waals surface area contributed by atoms with Crippen LogP contribution in [0, 0.1) is 0 Å². The summed E-state index contributed by atoms with van der Waals surface area (Å²) in [4.78, 5) is 4.30. The fraction of sp³-hybridized carbons (Fsp3) is 0. The zero-order chi connectivity index (χ0) is 11.4. The summed E-state index contributed by atoms with van der Waals surface area (Å²) in [7, 11) is 0. The summed E-state index contributed by atoms with van der Waals surface area (Å²) < 4.78 is 0. The Balaban J connectivity index is 2.31. The first-order valence-electron chi connectivity index (χ1n) is 4.80. The van der Waals surface area contributed by atoms with Crippen molar-refractivity contribution in [2.24, 2.45) is 4.99 Å². The average molecular weight is 250 g/mol. The van der Waals surface area contributed by atoms with Gasteiger partial charge in [-0.15, -0.1) is 0 Å². The highest BCUT2D eigenvalue weighted by Gasteiger charge is 2.01. The van der Waals surface area contributed by atoms with Crippen LogP contribution in [0.2, 0.25) is 10.0 Å². The molecule has 0 fully saturated rings. The Kier molecular flexibility index (Phi) is 3.60. The lowest BCUT2D eigenvalue weighted by Gasteiger charge is -2.00. The maximum atomic E-state index is 6.02. The van der Waals surface area contributed by atoms with Crippen molar-refractivity contribution in [3.8, 4) is 0 Å². The second-order valence-corrected chi connectivity index (χ2v) is 4.04. The van der Waals surface area contributed by atoms with Crippen molar-refractivity contribution in [1.29, 1.82) is 0 Å². The van der Waals surface area contributed by atoms with Crippen molar-refractivity contribution in [3.05, 3.63) is 64.1 Å². The maximum Gasteiger partial charge on any atom is 0.0629 e. The Morgan fingerprint density at radius 2 is 1.44 bits per heavy atom. The molecule has 0 radical (unpaired) electrons. The number of para-hydroxylation sites is 1. The van der Waals surface area contributed by atoms with Gasteiger partial charge in [0.15, 0.2) is 0 Å². The van der Waals surface area contributed by atoms with E-state index >= 15 is 0 Å². The number of benzene rings is 2. The van der Waals surface area contributed by atoms with Crippen LogP contribution in [0.25, 0.3) is 0 Å². The Morgan fingerprint density at radius 3 is 2.06 bits per heavy atom. The van der Waals surface area contributed by atoms with Gasteiger partial charge in [0.05, 0.1) is 15.7 Å². The van der Waals surface area contributed by atoms with Crippen molar-refractivity contribution in [2.45, 2.75) is 0 Å². The monoisotopic (exact) mass is 249 g/mol. The minimum absolute atomic E-state index is 0.604. The van der Waals surface area contributed by atoms with E-state index in [-0.39, 0.29) is 0 Å². The molecule has 0 N–H and O–H groups in total. The SMILES string of the molecule is Clc1cccc(Cl)c1/C=N/c1ccccc1. The molecule has 0 saturated carbocycles. The predicted molar refractivity (Wildman–Crippen MR) is 70.2 cm³/mol. The van der Waals surface area contributed by atoms with Gasteiger partial charge in [-0.1, -0.05) is 47.5 Å². The molecule has 2 rings (SSSR count). The van der Waals surface area contributed by atoms with Gasteiger partial charge in [0.1, 0.15) is 0 Å². The van der Waals surface area contributed by atoms with Crippen molar-refractivity contribution in [1.82, 2.24) is 0 Å². The van der Waals surface area contributed by atoms with Gasteiger partial charge in [-0.05, 0) is 24.3 Å². The van der Waals surface area contributed by atoms with E-state index in [1.807, 2.05) is 36.4 Å². The molecule has 0 atom stereocenters. The highest BCUT2D eigenvalue weighted by atomic mass is 35.5. The van der Waals surface area contributed by atoms with Gasteiger partial charge in [0.25, 0.3) is 0 Å². The van der Waals surface area contributed by atoms with E-state index in [0.29, 0.717) is 10.0 Å². The molecule has 0 aliphatic rings. The third-order valence-electron chi connectivity index (χ3n) is 2.10. The van der Waals surface area contributed by atoms with Crippen molar-refractivity contribution >= 4 is 35.1 Å². The number of aliphatic imine (C=N–C) groups is 1. The van der Waals surface area contributed by atoms with Crippen LogP contribution in [-0.2, 0) is 0 Å². The molecule has 0 bridgehead atoms. The average Bonchev–Trinajstić information content (AvgIpc) is 2.30. The third kappa shape index (κ3) is 2.63. The van der Waals surface area contributed by atoms with E-state index in [9.17, 15) is 0 Å². The standard InChI is InChI=1S/C13H9Cl2N/c14-12-7-4-8-13(15)11(12)9-16-10-5-2-1-3-6-10/h1-9H/b16-9+. The first-order valence-corrected chi connectivity index (χ1v) is 5.56. The fourth-order valence-electron chi connectivity index (χ4n) is 1.29. The van der Waals surface area contributed by atoms with Crippen LogP contribution in [0.4, 0.5) is 5.69 Å². The van der Waals surface area contributed by atoms with E-state index in [1.54, 1.807) is 18.3 Å². The molecule has 0 aliphatic heterocycles. The lowest BCUT2D eigenvalue weighted by molar-refractivity contribution is 1.53. The minimum atomic E-state index is 0.604. The lowest BCUT2D eigenvalue weighted by Crippen LogP contribution is -1.84. The molecule has 0 unspecified atom stereocenters. The predicted octanol–water partition coefficient (Wildman–Crippen LogP) is 4.74. The summed E-state index contributed by atoms with van der Waals surface area (Å²) in [6, 6.07) is 15.0. The number of rotatable bonds is 2. The smallest absolute Gasteiger partial charge is 0.0629 e. The van der Waals surface area contributed by atoms with Gasteiger partial charge >= 0.3 is 0 Å².